The van der Waals surface area contributed by atoms with Crippen LogP contribution in [0.4, 0.5) is 0 Å². The van der Waals surface area contributed by atoms with Crippen LogP contribution in [0.25, 0.3) is 0 Å². The van der Waals surface area contributed by atoms with Crippen molar-refractivity contribution in [2.45, 2.75) is 13.8 Å². The van der Waals surface area contributed by atoms with Crippen LogP contribution in [0.15, 0.2) is 11.2 Å². The number of carbonyl (C=O) groups excluding carboxylic acids is 1. The first-order valence-corrected chi connectivity index (χ1v) is 6.01. The van der Waals surface area contributed by atoms with Crippen LogP contribution in [0.1, 0.15) is 13.8 Å². The molecular formula is C8H14O5S. The summed E-state index contributed by atoms with van der Waals surface area (Å²) in [7, 11) is -3.60. The molecule has 0 aliphatic heterocycles. The molecule has 0 amide bonds. The summed E-state index contributed by atoms with van der Waals surface area (Å²) in [5.74, 6) is -0.886. The lowest BCUT2D eigenvalue weighted by Crippen LogP contribution is -2.15. The number of ether oxygens (including phenoxy) is 2. The van der Waals surface area contributed by atoms with Crippen LogP contribution in [-0.2, 0) is 24.1 Å². The Balaban J connectivity index is 4.84. The molecule has 14 heavy (non-hydrogen) atoms. The Bertz CT molecular complexity index is 315. The van der Waals surface area contributed by atoms with Crippen LogP contribution in [0.2, 0.25) is 0 Å². The molecule has 0 aromatic rings. The van der Waals surface area contributed by atoms with Crippen LogP contribution in [0.3, 0.4) is 0 Å². The Labute approximate surface area is 83.6 Å². The zero-order chi connectivity index (χ0) is 11.2. The molecule has 0 bridgehead atoms. The molecule has 0 radical (unpaired) electrons. The largest absolute Gasteiger partial charge is 0.500 e. The van der Waals surface area contributed by atoms with E-state index in [9.17, 15) is 13.2 Å². The van der Waals surface area contributed by atoms with E-state index in [1.165, 1.54) is 0 Å². The molecule has 82 valence electrons. The molecule has 0 atom stereocenters. The molecule has 6 heteroatoms. The van der Waals surface area contributed by atoms with Crippen molar-refractivity contribution >= 4 is 15.8 Å². The number of sulfone groups is 1. The minimum absolute atomic E-state index is 0.123. The maximum atomic E-state index is 11.1. The van der Waals surface area contributed by atoms with Crippen LogP contribution in [-0.4, -0.2) is 33.9 Å². The van der Waals surface area contributed by atoms with E-state index >= 15 is 0 Å². The van der Waals surface area contributed by atoms with E-state index in [1.807, 2.05) is 0 Å². The van der Waals surface area contributed by atoms with Crippen molar-refractivity contribution in [2.24, 2.45) is 0 Å². The number of rotatable bonds is 5. The molecule has 0 fully saturated rings. The third-order valence-electron chi connectivity index (χ3n) is 1.23. The van der Waals surface area contributed by atoms with Gasteiger partial charge in [-0.1, -0.05) is 0 Å². The first-order valence-electron chi connectivity index (χ1n) is 4.12. The molecule has 0 rings (SSSR count). The fourth-order valence-corrected chi connectivity index (χ4v) is 1.25. The third kappa shape index (κ3) is 4.27. The minimum atomic E-state index is -3.60. The Morgan fingerprint density at radius 3 is 2.21 bits per heavy atom. The van der Waals surface area contributed by atoms with E-state index in [-0.39, 0.29) is 6.61 Å². The van der Waals surface area contributed by atoms with E-state index in [0.29, 0.717) is 6.61 Å². The van der Waals surface area contributed by atoms with Gasteiger partial charge in [-0.3, -0.25) is 0 Å². The first-order chi connectivity index (χ1) is 6.43. The van der Waals surface area contributed by atoms with Crippen molar-refractivity contribution in [3.8, 4) is 0 Å². The number of hydrogen-bond donors (Lipinski definition) is 0. The first kappa shape index (κ1) is 13.0. The van der Waals surface area contributed by atoms with Gasteiger partial charge in [0.25, 0.3) is 0 Å². The summed E-state index contributed by atoms with van der Waals surface area (Å²) in [6.07, 6.45) is 1.84. The number of hydrogen-bond acceptors (Lipinski definition) is 5. The summed E-state index contributed by atoms with van der Waals surface area (Å²) in [6.45, 7) is 3.69. The lowest BCUT2D eigenvalue weighted by Gasteiger charge is -2.04. The maximum absolute atomic E-state index is 11.1. The molecule has 0 saturated carbocycles. The van der Waals surface area contributed by atoms with Gasteiger partial charge in [0.05, 0.1) is 13.2 Å². The van der Waals surface area contributed by atoms with Gasteiger partial charge in [-0.15, -0.1) is 0 Å². The minimum Gasteiger partial charge on any atom is -0.500 e. The predicted octanol–water partition coefficient (Wildman–Crippen LogP) is 0.472. The molecule has 0 heterocycles. The molecule has 0 aromatic heterocycles. The molecule has 0 saturated heterocycles. The van der Waals surface area contributed by atoms with Crippen molar-refractivity contribution in [2.75, 3.05) is 19.5 Å². The highest BCUT2D eigenvalue weighted by Crippen LogP contribution is 2.07. The Hall–Kier alpha value is -1.04. The Morgan fingerprint density at radius 2 is 1.86 bits per heavy atom. The van der Waals surface area contributed by atoms with Gasteiger partial charge in [0.2, 0.25) is 0 Å². The maximum Gasteiger partial charge on any atom is 0.352 e. The highest BCUT2D eigenvalue weighted by molar-refractivity contribution is 7.95. The predicted molar refractivity (Wildman–Crippen MR) is 51.2 cm³/mol. The highest BCUT2D eigenvalue weighted by atomic mass is 32.2. The molecule has 0 aliphatic carbocycles. The summed E-state index contributed by atoms with van der Waals surface area (Å²) in [5.41, 5.74) is 0. The van der Waals surface area contributed by atoms with Crippen LogP contribution in [0, 0.1) is 0 Å². The smallest absolute Gasteiger partial charge is 0.352 e. The van der Waals surface area contributed by atoms with E-state index in [1.54, 1.807) is 13.8 Å². The fraction of sp³-hybridized carbons (Fsp3) is 0.625. The third-order valence-corrected chi connectivity index (χ3v) is 2.29. The molecule has 0 spiro atoms. The van der Waals surface area contributed by atoms with Gasteiger partial charge in [0, 0.05) is 6.26 Å². The van der Waals surface area contributed by atoms with Crippen LogP contribution < -0.4 is 0 Å². The topological polar surface area (TPSA) is 69.7 Å². The van der Waals surface area contributed by atoms with Gasteiger partial charge in [-0.2, -0.15) is 0 Å². The lowest BCUT2D eigenvalue weighted by molar-refractivity contribution is -0.137. The van der Waals surface area contributed by atoms with E-state index in [2.05, 4.69) is 4.74 Å². The van der Waals surface area contributed by atoms with E-state index in [4.69, 9.17) is 4.74 Å². The summed E-state index contributed by atoms with van der Waals surface area (Å²) in [6, 6.07) is 0. The second-order valence-corrected chi connectivity index (χ2v) is 4.41. The highest BCUT2D eigenvalue weighted by Gasteiger charge is 2.22. The molecule has 0 N–H and O–H groups in total. The van der Waals surface area contributed by atoms with Gasteiger partial charge < -0.3 is 9.47 Å². The Morgan fingerprint density at radius 1 is 1.29 bits per heavy atom. The van der Waals surface area contributed by atoms with E-state index in [0.717, 1.165) is 12.5 Å². The zero-order valence-corrected chi connectivity index (χ0v) is 9.26. The van der Waals surface area contributed by atoms with Crippen molar-refractivity contribution < 1.29 is 22.7 Å². The van der Waals surface area contributed by atoms with Gasteiger partial charge >= 0.3 is 5.97 Å². The average molecular weight is 222 g/mol. The molecule has 0 unspecified atom stereocenters. The van der Waals surface area contributed by atoms with E-state index < -0.39 is 20.7 Å². The second-order valence-electron chi connectivity index (χ2n) is 2.43. The van der Waals surface area contributed by atoms with Gasteiger partial charge in [0.15, 0.2) is 14.7 Å². The monoisotopic (exact) mass is 222 g/mol. The van der Waals surface area contributed by atoms with Crippen LogP contribution >= 0.6 is 0 Å². The average Bonchev–Trinajstić information content (AvgIpc) is 2.03. The summed E-state index contributed by atoms with van der Waals surface area (Å²) >= 11 is 0. The van der Waals surface area contributed by atoms with Crippen LogP contribution in [0.5, 0.6) is 0 Å². The zero-order valence-electron chi connectivity index (χ0n) is 8.44. The second kappa shape index (κ2) is 5.64. The summed E-state index contributed by atoms with van der Waals surface area (Å²) < 4.78 is 31.5. The molecular weight excluding hydrogens is 208 g/mol. The lowest BCUT2D eigenvalue weighted by atomic mass is 10.6. The quantitative estimate of drug-likeness (QED) is 0.384. The molecule has 0 aliphatic rings. The van der Waals surface area contributed by atoms with Gasteiger partial charge in [-0.25, -0.2) is 13.2 Å². The number of esters is 1. The summed E-state index contributed by atoms with van der Waals surface area (Å²) in [4.78, 5) is 10.7. The summed E-state index contributed by atoms with van der Waals surface area (Å²) in [5, 5.41) is 0. The Kier molecular flexibility index (Phi) is 5.22. The van der Waals surface area contributed by atoms with Crippen molar-refractivity contribution in [3.05, 3.63) is 11.2 Å². The molecule has 5 nitrogen and oxygen atoms in total. The fourth-order valence-electron chi connectivity index (χ4n) is 0.648. The van der Waals surface area contributed by atoms with Crippen molar-refractivity contribution in [1.82, 2.24) is 0 Å². The van der Waals surface area contributed by atoms with Crippen molar-refractivity contribution in [3.63, 3.8) is 0 Å². The molecule has 0 aromatic carbocycles. The van der Waals surface area contributed by atoms with Gasteiger partial charge in [-0.05, 0) is 13.8 Å². The SMILES string of the molecule is CCO/C=C(/C(=O)OCC)S(C)(=O)=O. The van der Waals surface area contributed by atoms with Gasteiger partial charge in [0.1, 0.15) is 6.26 Å². The number of carbonyl (C=O) groups is 1. The normalized spacial score (nSPS) is 12.4. The standard InChI is InChI=1S/C8H14O5S/c1-4-12-6-7(14(3,10)11)8(9)13-5-2/h6H,4-5H2,1-3H3/b7-6-. The van der Waals surface area contributed by atoms with Crippen molar-refractivity contribution in [1.29, 1.82) is 0 Å².